The Hall–Kier alpha value is 5.58. The molecule has 12 heavy (non-hydrogen) atoms. The van der Waals surface area contributed by atoms with Gasteiger partial charge in [0, 0.05) is 7.16 Å². The minimum absolute atomic E-state index is 0.192. The van der Waals surface area contributed by atoms with E-state index in [0.717, 1.165) is 0 Å². The lowest BCUT2D eigenvalue weighted by molar-refractivity contribution is 1.60. The topological polar surface area (TPSA) is 0 Å². The summed E-state index contributed by atoms with van der Waals surface area (Å²) in [6, 6.07) is 0. The first-order chi connectivity index (χ1) is 5.07. The Morgan fingerprint density at radius 2 is 0.750 bits per heavy atom. The van der Waals surface area contributed by atoms with Gasteiger partial charge in [-0.3, -0.25) is 0 Å². The molecule has 0 aromatic rings. The molecule has 0 saturated carbocycles. The summed E-state index contributed by atoms with van der Waals surface area (Å²) in [6.07, 6.45) is 0. The van der Waals surface area contributed by atoms with Crippen molar-refractivity contribution in [3.05, 3.63) is 7.16 Å². The van der Waals surface area contributed by atoms with Crippen molar-refractivity contribution in [2.45, 2.75) is -1.13 Å². The van der Waals surface area contributed by atoms with Gasteiger partial charge in [0.05, 0.1) is 0 Å². The van der Waals surface area contributed by atoms with Crippen LogP contribution in [0.25, 0.3) is 0 Å². The van der Waals surface area contributed by atoms with Crippen LogP contribution in [0.15, 0.2) is 7.16 Å². The Balaban J connectivity index is 4.96. The Bertz CT molecular complexity index is 170. The third-order valence-corrected chi connectivity index (χ3v) is 13.8. The lowest BCUT2D eigenvalue weighted by Gasteiger charge is -2.19. The zero-order valence-electron chi connectivity index (χ0n) is 5.02. The number of hydrogen-bond donors (Lipinski definition) is 0. The summed E-state index contributed by atoms with van der Waals surface area (Å²) < 4.78 is 3.22. The number of alkyl halides is 6. The molecule has 0 amide bonds. The van der Waals surface area contributed by atoms with Crippen molar-refractivity contribution in [3.63, 3.8) is 0 Å². The highest BCUT2D eigenvalue weighted by molar-refractivity contribution is 14.3. The van der Waals surface area contributed by atoms with Crippen LogP contribution >= 0.6 is 181 Å². The second kappa shape index (κ2) is 7.24. The van der Waals surface area contributed by atoms with E-state index in [4.69, 9.17) is 0 Å². The van der Waals surface area contributed by atoms with Gasteiger partial charge in [0.2, 0.25) is 0 Å². The largest absolute Gasteiger partial charge is 0.155 e. The van der Waals surface area contributed by atoms with Crippen LogP contribution in [0.1, 0.15) is 0 Å². The van der Waals surface area contributed by atoms with Crippen LogP contribution < -0.4 is 0 Å². The highest BCUT2D eigenvalue weighted by Gasteiger charge is 2.31. The quantitative estimate of drug-likeness (QED) is 0.207. The van der Waals surface area contributed by atoms with Crippen LogP contribution in [0.2, 0.25) is 0 Å². The van der Waals surface area contributed by atoms with Gasteiger partial charge in [-0.15, -0.1) is 0 Å². The lowest BCUT2D eigenvalue weighted by atomic mass is 10.6. The fourth-order valence-electron chi connectivity index (χ4n) is 0.249. The first-order valence-electron chi connectivity index (χ1n) is 2.26. The van der Waals surface area contributed by atoms with Crippen molar-refractivity contribution < 1.29 is 0 Å². The smallest absolute Gasteiger partial charge is 0.0494 e. The van der Waals surface area contributed by atoms with E-state index in [0.29, 0.717) is 0 Å². The number of hydrogen-bond acceptors (Lipinski definition) is 0. The Labute approximate surface area is 181 Å². The molecule has 0 spiro atoms. The van der Waals surface area contributed by atoms with Crippen molar-refractivity contribution in [1.29, 1.82) is 0 Å². The predicted molar refractivity (Wildman–Crippen MR) is 125 cm³/mol. The molecule has 0 aliphatic rings. The Morgan fingerprint density at radius 1 is 0.583 bits per heavy atom. The van der Waals surface area contributed by atoms with Crippen LogP contribution in [0.5, 0.6) is 0 Å². The van der Waals surface area contributed by atoms with Gasteiger partial charge < -0.3 is 0 Å². The molecule has 0 heterocycles. The summed E-state index contributed by atoms with van der Waals surface area (Å²) in [7, 11) is 0. The molecule has 0 atom stereocenters. The average molecular weight is 1060 g/mol. The molecule has 0 saturated heterocycles. The summed E-state index contributed by atoms with van der Waals surface area (Å²) in [5.41, 5.74) is 0. The molecule has 8 heteroatoms. The molecule has 0 aliphatic heterocycles. The van der Waals surface area contributed by atoms with Crippen molar-refractivity contribution in [3.8, 4) is 0 Å². The average Bonchev–Trinajstić information content (AvgIpc) is 1.80. The monoisotopic (exact) mass is 1060 g/mol. The number of halogens is 8. The van der Waals surface area contributed by atoms with Crippen molar-refractivity contribution in [1.82, 2.24) is 0 Å². The van der Waals surface area contributed by atoms with E-state index >= 15 is 0 Å². The van der Waals surface area contributed by atoms with Gasteiger partial charge >= 0.3 is 0 Å². The van der Waals surface area contributed by atoms with E-state index in [-0.39, 0.29) is -1.13 Å². The maximum Gasteiger partial charge on any atom is 0.155 e. The molecular weight excluding hydrogens is 1060 g/mol. The lowest BCUT2D eigenvalue weighted by Crippen LogP contribution is -2.07. The van der Waals surface area contributed by atoms with Crippen LogP contribution in [0, 0.1) is 0 Å². The van der Waals surface area contributed by atoms with Crippen molar-refractivity contribution in [2.24, 2.45) is 0 Å². The molecule has 0 bridgehead atoms. The van der Waals surface area contributed by atoms with Crippen molar-refractivity contribution >= 4 is 181 Å². The van der Waals surface area contributed by atoms with E-state index < -0.39 is 0 Å². The van der Waals surface area contributed by atoms with Gasteiger partial charge in [-0.25, -0.2) is 0 Å². The number of allylic oxidation sites excluding steroid dienone is 2. The van der Waals surface area contributed by atoms with E-state index in [1.54, 1.807) is 0 Å². The third kappa shape index (κ3) is 7.11. The number of rotatable bonds is 2. The minimum Gasteiger partial charge on any atom is -0.0494 e. The second-order valence-electron chi connectivity index (χ2n) is 1.62. The van der Waals surface area contributed by atoms with Crippen molar-refractivity contribution in [2.75, 3.05) is 0 Å². The van der Waals surface area contributed by atoms with Crippen LogP contribution in [-0.4, -0.2) is -1.13 Å². The van der Waals surface area contributed by atoms with Gasteiger partial charge in [-0.05, 0) is 181 Å². The molecule has 0 aliphatic carbocycles. The van der Waals surface area contributed by atoms with Gasteiger partial charge in [0.25, 0.3) is 0 Å². The molecule has 0 fully saturated rings. The molecular formula is C4I8. The summed E-state index contributed by atoms with van der Waals surface area (Å²) >= 11 is 19.6. The van der Waals surface area contributed by atoms with E-state index in [9.17, 15) is 0 Å². The Morgan fingerprint density at radius 3 is 0.833 bits per heavy atom. The maximum atomic E-state index is 2.45. The highest BCUT2D eigenvalue weighted by Crippen LogP contribution is 2.55. The molecule has 0 unspecified atom stereocenters. The van der Waals surface area contributed by atoms with Gasteiger partial charge in [0.15, 0.2) is -1.13 Å². The molecule has 0 rings (SSSR count). The standard InChI is InChI=1S/C4I8/c5-1(3(7,8)9)2(6)4(10,11)12. The zero-order chi connectivity index (χ0) is 10.2. The normalized spacial score (nSPS) is 16.0. The SMILES string of the molecule is IC(=C(I)C(I)(I)I)C(I)(I)I. The third-order valence-electron chi connectivity index (χ3n) is 0.690. The van der Waals surface area contributed by atoms with E-state index in [1.165, 1.54) is 7.16 Å². The fraction of sp³-hybridized carbons (Fsp3) is 0.500. The molecule has 0 aromatic carbocycles. The molecule has 0 aromatic heterocycles. The Kier molecular flexibility index (Phi) is 10.6. The first kappa shape index (κ1) is 17.6. The molecule has 72 valence electrons. The van der Waals surface area contributed by atoms with Crippen LogP contribution in [-0.2, 0) is 0 Å². The van der Waals surface area contributed by atoms with Gasteiger partial charge in [-0.1, -0.05) is 0 Å². The fourth-order valence-corrected chi connectivity index (χ4v) is 5.77. The van der Waals surface area contributed by atoms with Gasteiger partial charge in [0.1, 0.15) is 0 Å². The maximum absolute atomic E-state index is 2.45. The molecule has 0 nitrogen and oxygen atoms in total. The predicted octanol–water partition coefficient (Wildman–Crippen LogP) is 6.99. The summed E-state index contributed by atoms with van der Waals surface area (Å²) in [6.45, 7) is 0. The molecule has 0 N–H and O–H groups in total. The molecule has 0 radical (unpaired) electrons. The van der Waals surface area contributed by atoms with Gasteiger partial charge in [-0.2, -0.15) is 0 Å². The second-order valence-corrected chi connectivity index (χ2v) is 25.9. The summed E-state index contributed by atoms with van der Waals surface area (Å²) in [5.74, 6) is 0. The van der Waals surface area contributed by atoms with E-state index in [1.807, 2.05) is 0 Å². The minimum atomic E-state index is 0.192. The highest BCUT2D eigenvalue weighted by atomic mass is 127. The first-order valence-corrected chi connectivity index (χ1v) is 10.9. The van der Waals surface area contributed by atoms with Crippen LogP contribution in [0.4, 0.5) is 0 Å². The van der Waals surface area contributed by atoms with Crippen LogP contribution in [0.3, 0.4) is 0 Å². The summed E-state index contributed by atoms with van der Waals surface area (Å²) in [5, 5.41) is 0. The zero-order valence-corrected chi connectivity index (χ0v) is 22.3. The summed E-state index contributed by atoms with van der Waals surface area (Å²) in [4.78, 5) is 0. The van der Waals surface area contributed by atoms with E-state index in [2.05, 4.69) is 181 Å².